The van der Waals surface area contributed by atoms with Crippen LogP contribution < -0.4 is 10.5 Å². The number of rotatable bonds is 4. The summed E-state index contributed by atoms with van der Waals surface area (Å²) in [6.45, 7) is 2.18. The molecule has 18 heavy (non-hydrogen) atoms. The molecule has 0 aromatic carbocycles. The lowest BCUT2D eigenvalue weighted by atomic mass is 10.1. The van der Waals surface area contributed by atoms with Crippen LogP contribution in [0.5, 0.6) is 0 Å². The highest BCUT2D eigenvalue weighted by Gasteiger charge is 2.24. The van der Waals surface area contributed by atoms with Crippen LogP contribution in [-0.2, 0) is 16.6 Å². The van der Waals surface area contributed by atoms with Gasteiger partial charge in [0.1, 0.15) is 4.21 Å². The lowest BCUT2D eigenvalue weighted by Gasteiger charge is -2.29. The van der Waals surface area contributed by atoms with Crippen molar-refractivity contribution in [3.05, 3.63) is 17.0 Å². The molecule has 102 valence electrons. The van der Waals surface area contributed by atoms with Crippen LogP contribution in [0.3, 0.4) is 0 Å². The average Bonchev–Trinajstić information content (AvgIpc) is 2.77. The lowest BCUT2D eigenvalue weighted by Crippen LogP contribution is -2.46. The van der Waals surface area contributed by atoms with Crippen LogP contribution in [0.4, 0.5) is 0 Å². The molecule has 1 aliphatic rings. The van der Waals surface area contributed by atoms with E-state index in [9.17, 15) is 8.42 Å². The third-order valence-corrected chi connectivity index (χ3v) is 6.09. The molecule has 0 spiro atoms. The van der Waals surface area contributed by atoms with Gasteiger partial charge in [-0.25, -0.2) is 13.1 Å². The number of hydrogen-bond acceptors (Lipinski definition) is 5. The lowest BCUT2D eigenvalue weighted by molar-refractivity contribution is 0.242. The molecule has 1 aromatic heterocycles. The van der Waals surface area contributed by atoms with Crippen LogP contribution in [0, 0.1) is 0 Å². The van der Waals surface area contributed by atoms with Crippen molar-refractivity contribution in [2.45, 2.75) is 29.6 Å². The van der Waals surface area contributed by atoms with Gasteiger partial charge in [0.15, 0.2) is 0 Å². The normalized spacial score (nSPS) is 22.2. The molecular weight excluding hydrogens is 270 g/mol. The molecule has 1 aliphatic heterocycles. The van der Waals surface area contributed by atoms with Gasteiger partial charge in [-0.05, 0) is 43.4 Å². The van der Waals surface area contributed by atoms with Crippen LogP contribution >= 0.6 is 11.3 Å². The first-order chi connectivity index (χ1) is 8.51. The topological polar surface area (TPSA) is 75.4 Å². The quantitative estimate of drug-likeness (QED) is 0.850. The molecule has 0 saturated carbocycles. The second-order valence-corrected chi connectivity index (χ2v) is 7.55. The van der Waals surface area contributed by atoms with E-state index >= 15 is 0 Å². The third-order valence-electron chi connectivity index (χ3n) is 3.08. The second-order valence-electron chi connectivity index (χ2n) is 4.70. The summed E-state index contributed by atoms with van der Waals surface area (Å²) < 4.78 is 27.5. The van der Waals surface area contributed by atoms with Crippen molar-refractivity contribution in [2.24, 2.45) is 5.73 Å². The number of nitrogens with zero attached hydrogens (tertiary/aromatic N) is 1. The van der Waals surface area contributed by atoms with Gasteiger partial charge in [0.2, 0.25) is 10.0 Å². The minimum absolute atomic E-state index is 0.0113. The van der Waals surface area contributed by atoms with E-state index < -0.39 is 10.0 Å². The van der Waals surface area contributed by atoms with Crippen molar-refractivity contribution in [3.8, 4) is 0 Å². The number of hydrogen-bond donors (Lipinski definition) is 2. The van der Waals surface area contributed by atoms with E-state index in [0.29, 0.717) is 10.8 Å². The van der Waals surface area contributed by atoms with E-state index in [0.717, 1.165) is 31.5 Å². The molecule has 0 amide bonds. The Morgan fingerprint density at radius 3 is 3.00 bits per heavy atom. The number of likely N-dealkylation sites (N-methyl/N-ethyl adjacent to an activating group) is 1. The van der Waals surface area contributed by atoms with Crippen LogP contribution in [0.1, 0.15) is 18.4 Å². The highest BCUT2D eigenvalue weighted by molar-refractivity contribution is 7.91. The van der Waals surface area contributed by atoms with E-state index in [-0.39, 0.29) is 6.04 Å². The first-order valence-electron chi connectivity index (χ1n) is 5.99. The number of likely N-dealkylation sites (tertiary alicyclic amines) is 1. The molecule has 2 heterocycles. The molecule has 1 saturated heterocycles. The Labute approximate surface area is 112 Å². The van der Waals surface area contributed by atoms with E-state index in [1.165, 1.54) is 11.3 Å². The van der Waals surface area contributed by atoms with Gasteiger partial charge in [-0.2, -0.15) is 0 Å². The summed E-state index contributed by atoms with van der Waals surface area (Å²) in [5.41, 5.74) is 6.36. The van der Waals surface area contributed by atoms with Crippen LogP contribution in [0.15, 0.2) is 15.7 Å². The van der Waals surface area contributed by atoms with Crippen LogP contribution in [0.25, 0.3) is 0 Å². The average molecular weight is 289 g/mol. The van der Waals surface area contributed by atoms with Crippen LogP contribution in [0.2, 0.25) is 0 Å². The van der Waals surface area contributed by atoms with Gasteiger partial charge in [-0.3, -0.25) is 0 Å². The minimum atomic E-state index is -3.39. The molecule has 1 aromatic rings. The largest absolute Gasteiger partial charge is 0.326 e. The van der Waals surface area contributed by atoms with Crippen LogP contribution in [-0.4, -0.2) is 39.5 Å². The number of piperidine rings is 1. The fourth-order valence-electron chi connectivity index (χ4n) is 2.14. The predicted octanol–water partition coefficient (Wildman–Crippen LogP) is 0.579. The Hall–Kier alpha value is -0.470. The summed E-state index contributed by atoms with van der Waals surface area (Å²) in [6.07, 6.45) is 1.93. The molecule has 5 nitrogen and oxygen atoms in total. The number of nitrogens with one attached hydrogen (secondary N) is 1. The zero-order chi connectivity index (χ0) is 13.2. The summed E-state index contributed by atoms with van der Waals surface area (Å²) >= 11 is 1.23. The summed E-state index contributed by atoms with van der Waals surface area (Å²) in [5.74, 6) is 0. The molecule has 1 atom stereocenters. The second kappa shape index (κ2) is 5.66. The van der Waals surface area contributed by atoms with Crippen molar-refractivity contribution >= 4 is 21.4 Å². The van der Waals surface area contributed by atoms with Gasteiger partial charge in [-0.1, -0.05) is 0 Å². The maximum absolute atomic E-state index is 12.2. The predicted molar refractivity (Wildman–Crippen MR) is 73.1 cm³/mol. The minimum Gasteiger partial charge on any atom is -0.326 e. The zero-order valence-electron chi connectivity index (χ0n) is 10.4. The summed E-state index contributed by atoms with van der Waals surface area (Å²) in [7, 11) is -1.37. The SMILES string of the molecule is CN1CCCC(NS(=O)(=O)c2cc(CN)cs2)C1. The van der Waals surface area contributed by atoms with Crippen molar-refractivity contribution in [3.63, 3.8) is 0 Å². The molecule has 2 rings (SSSR count). The Kier molecular flexibility index (Phi) is 4.39. The Morgan fingerprint density at radius 2 is 2.39 bits per heavy atom. The highest BCUT2D eigenvalue weighted by Crippen LogP contribution is 2.21. The molecule has 0 aliphatic carbocycles. The monoisotopic (exact) mass is 289 g/mol. The zero-order valence-corrected chi connectivity index (χ0v) is 12.1. The first kappa shape index (κ1) is 14.0. The molecular formula is C11H19N3O2S2. The fourth-order valence-corrected chi connectivity index (χ4v) is 4.64. The van der Waals surface area contributed by atoms with Gasteiger partial charge in [0.05, 0.1) is 0 Å². The molecule has 7 heteroatoms. The van der Waals surface area contributed by atoms with Crippen molar-refractivity contribution in [1.29, 1.82) is 0 Å². The van der Waals surface area contributed by atoms with E-state index in [1.807, 2.05) is 7.05 Å². The third kappa shape index (κ3) is 3.30. The number of sulfonamides is 1. The van der Waals surface area contributed by atoms with Gasteiger partial charge in [-0.15, -0.1) is 11.3 Å². The first-order valence-corrected chi connectivity index (χ1v) is 8.36. The molecule has 1 fully saturated rings. The van der Waals surface area contributed by atoms with Crippen molar-refractivity contribution < 1.29 is 8.42 Å². The number of nitrogens with two attached hydrogens (primary N) is 1. The maximum Gasteiger partial charge on any atom is 0.250 e. The molecule has 1 unspecified atom stereocenters. The summed E-state index contributed by atoms with van der Waals surface area (Å²) in [5, 5.41) is 1.79. The molecule has 3 N–H and O–H groups in total. The van der Waals surface area contributed by atoms with Gasteiger partial charge >= 0.3 is 0 Å². The van der Waals surface area contributed by atoms with Gasteiger partial charge in [0, 0.05) is 19.1 Å². The fraction of sp³-hybridized carbons (Fsp3) is 0.636. The van der Waals surface area contributed by atoms with Gasteiger partial charge in [0.25, 0.3) is 0 Å². The Bertz CT molecular complexity index is 498. The highest BCUT2D eigenvalue weighted by atomic mass is 32.2. The standard InChI is InChI=1S/C11H19N3O2S2/c1-14-4-2-3-10(7-14)13-18(15,16)11-5-9(6-12)8-17-11/h5,8,10,13H,2-4,6-7,12H2,1H3. The van der Waals surface area contributed by atoms with Gasteiger partial charge < -0.3 is 10.6 Å². The summed E-state index contributed by atoms with van der Waals surface area (Å²) in [4.78, 5) is 2.15. The van der Waals surface area contributed by atoms with E-state index in [2.05, 4.69) is 9.62 Å². The Morgan fingerprint density at radius 1 is 1.61 bits per heavy atom. The van der Waals surface area contributed by atoms with E-state index in [1.54, 1.807) is 11.4 Å². The van der Waals surface area contributed by atoms with E-state index in [4.69, 9.17) is 5.73 Å². The Balaban J connectivity index is 2.06. The molecule has 0 radical (unpaired) electrons. The van der Waals surface area contributed by atoms with Crippen molar-refractivity contribution in [2.75, 3.05) is 20.1 Å². The maximum atomic E-state index is 12.2. The molecule has 0 bridgehead atoms. The smallest absolute Gasteiger partial charge is 0.250 e. The van der Waals surface area contributed by atoms with Crippen molar-refractivity contribution in [1.82, 2.24) is 9.62 Å². The summed E-state index contributed by atoms with van der Waals surface area (Å²) in [6, 6.07) is 1.66. The number of thiophene rings is 1.